The van der Waals surface area contributed by atoms with E-state index in [1.165, 1.54) is 0 Å². The first-order chi connectivity index (χ1) is 14.4. The average molecular weight is 543 g/mol. The van der Waals surface area contributed by atoms with Gasteiger partial charge >= 0.3 is 0 Å². The van der Waals surface area contributed by atoms with Crippen molar-refractivity contribution in [3.63, 3.8) is 0 Å². The fraction of sp³-hybridized carbons (Fsp3) is 0.136. The van der Waals surface area contributed by atoms with E-state index in [0.717, 1.165) is 26.9 Å². The normalized spacial score (nSPS) is 19.8. The summed E-state index contributed by atoms with van der Waals surface area (Å²) in [6, 6.07) is 16.9. The maximum absolute atomic E-state index is 6.52. The molecule has 3 aromatic rings. The second-order valence-corrected chi connectivity index (χ2v) is 9.70. The molecule has 0 radical (unpaired) electrons. The summed E-state index contributed by atoms with van der Waals surface area (Å²) in [6.07, 6.45) is 0.148. The minimum atomic E-state index is -0.543. The van der Waals surface area contributed by atoms with Gasteiger partial charge in [0.25, 0.3) is 0 Å². The third-order valence-corrected chi connectivity index (χ3v) is 6.80. The van der Waals surface area contributed by atoms with Gasteiger partial charge in [-0.1, -0.05) is 80.5 Å². The molecule has 0 aromatic heterocycles. The summed E-state index contributed by atoms with van der Waals surface area (Å²) in [5.74, 6) is 0.602. The van der Waals surface area contributed by atoms with Crippen LogP contribution < -0.4 is 4.74 Å². The summed E-state index contributed by atoms with van der Waals surface area (Å²) in [6.45, 7) is 0. The van der Waals surface area contributed by atoms with E-state index in [9.17, 15) is 0 Å². The van der Waals surface area contributed by atoms with E-state index in [0.29, 0.717) is 32.3 Å². The Labute approximate surface area is 202 Å². The Hall–Kier alpha value is -1.43. The van der Waals surface area contributed by atoms with Gasteiger partial charge in [0.1, 0.15) is 5.75 Å². The first-order valence-corrected chi connectivity index (χ1v) is 11.4. The fourth-order valence-corrected chi connectivity index (χ4v) is 5.16. The zero-order valence-corrected chi connectivity index (χ0v) is 19.9. The summed E-state index contributed by atoms with van der Waals surface area (Å²) in [4.78, 5) is 0. The summed E-state index contributed by atoms with van der Waals surface area (Å²) in [5.41, 5.74) is 3.67. The van der Waals surface area contributed by atoms with Gasteiger partial charge in [-0.3, -0.25) is 0 Å². The number of nitrogens with zero attached hydrogens (tertiary/aromatic N) is 2. The number of hydrogen-bond acceptors (Lipinski definition) is 3. The van der Waals surface area contributed by atoms with Crippen molar-refractivity contribution < 1.29 is 4.74 Å². The molecule has 3 nitrogen and oxygen atoms in total. The van der Waals surface area contributed by atoms with Crippen LogP contribution in [0.15, 0.2) is 64.2 Å². The van der Waals surface area contributed by atoms with E-state index < -0.39 is 6.23 Å². The predicted octanol–water partition coefficient (Wildman–Crippen LogP) is 8.31. The molecular weight excluding hydrogens is 530 g/mol. The van der Waals surface area contributed by atoms with Gasteiger partial charge in [0.15, 0.2) is 0 Å². The molecule has 0 saturated carbocycles. The van der Waals surface area contributed by atoms with Gasteiger partial charge in [-0.2, -0.15) is 5.10 Å². The topological polar surface area (TPSA) is 24.8 Å². The van der Waals surface area contributed by atoms with Crippen LogP contribution in [0.4, 0.5) is 0 Å². The molecule has 2 heterocycles. The molecule has 0 spiro atoms. The van der Waals surface area contributed by atoms with Gasteiger partial charge < -0.3 is 4.74 Å². The third kappa shape index (κ3) is 3.59. The van der Waals surface area contributed by atoms with Crippen LogP contribution in [0.3, 0.4) is 0 Å². The Morgan fingerprint density at radius 1 is 0.867 bits per heavy atom. The molecule has 0 aliphatic carbocycles. The molecule has 0 N–H and O–H groups in total. The maximum Gasteiger partial charge on any atom is 0.215 e. The average Bonchev–Trinajstić information content (AvgIpc) is 3.14. The van der Waals surface area contributed by atoms with Crippen LogP contribution in [0.25, 0.3) is 0 Å². The highest BCUT2D eigenvalue weighted by Crippen LogP contribution is 2.51. The molecule has 8 heteroatoms. The third-order valence-electron chi connectivity index (χ3n) is 5.21. The zero-order chi connectivity index (χ0) is 21.0. The standard InChI is InChI=1S/C22H13BrCl4N2O/c23-12-3-1-11(2-4-12)19-10-20-16-7-14(25)9-18(27)21(16)30-22(29(20)28-19)15-6-5-13(24)8-17(15)26/h1-9,20,22H,10H2/t20-,22-/m0/s1. The van der Waals surface area contributed by atoms with Crippen LogP contribution in [0, 0.1) is 0 Å². The number of halogens is 5. The van der Waals surface area contributed by atoms with Crippen molar-refractivity contribution in [2.24, 2.45) is 5.10 Å². The fourth-order valence-electron chi connectivity index (χ4n) is 3.84. The number of benzene rings is 3. The van der Waals surface area contributed by atoms with Gasteiger partial charge in [0.2, 0.25) is 6.23 Å². The first-order valence-electron chi connectivity index (χ1n) is 9.13. The molecule has 5 rings (SSSR count). The number of hydrazone groups is 1. The van der Waals surface area contributed by atoms with E-state index >= 15 is 0 Å². The molecule has 0 unspecified atom stereocenters. The molecule has 30 heavy (non-hydrogen) atoms. The predicted molar refractivity (Wildman–Crippen MR) is 126 cm³/mol. The lowest BCUT2D eigenvalue weighted by Crippen LogP contribution is -2.34. The smallest absolute Gasteiger partial charge is 0.215 e. The SMILES string of the molecule is Clc1ccc([C@@H]2Oc3c(Cl)cc(Cl)cc3[C@@H]3CC(c4ccc(Br)cc4)=NN32)c(Cl)c1. The quantitative estimate of drug-likeness (QED) is 0.325. The molecule has 0 amide bonds. The lowest BCUT2D eigenvalue weighted by Gasteiger charge is -2.39. The Bertz CT molecular complexity index is 1180. The summed E-state index contributed by atoms with van der Waals surface area (Å²) in [7, 11) is 0. The van der Waals surface area contributed by atoms with E-state index in [1.807, 2.05) is 41.4 Å². The molecule has 3 aromatic carbocycles. The van der Waals surface area contributed by atoms with E-state index in [1.54, 1.807) is 18.2 Å². The minimum absolute atomic E-state index is 0.0830. The molecular formula is C22H13BrCl4N2O. The molecule has 2 aliphatic heterocycles. The zero-order valence-electron chi connectivity index (χ0n) is 15.3. The van der Waals surface area contributed by atoms with E-state index in [2.05, 4.69) is 15.9 Å². The lowest BCUT2D eigenvalue weighted by molar-refractivity contribution is -0.0188. The molecule has 0 bridgehead atoms. The van der Waals surface area contributed by atoms with Gasteiger partial charge in [0.05, 0.1) is 21.8 Å². The van der Waals surface area contributed by atoms with Crippen LogP contribution in [0.5, 0.6) is 5.75 Å². The Kier molecular flexibility index (Phi) is 5.41. The number of rotatable bonds is 2. The highest BCUT2D eigenvalue weighted by atomic mass is 79.9. The van der Waals surface area contributed by atoms with Crippen molar-refractivity contribution in [3.8, 4) is 5.75 Å². The monoisotopic (exact) mass is 540 g/mol. The van der Waals surface area contributed by atoms with Crippen molar-refractivity contribution in [3.05, 3.63) is 95.9 Å². The molecule has 2 aliphatic rings. The molecule has 152 valence electrons. The largest absolute Gasteiger partial charge is 0.463 e. The second kappa shape index (κ2) is 7.92. The van der Waals surface area contributed by atoms with Crippen molar-refractivity contribution in [2.75, 3.05) is 0 Å². The second-order valence-electron chi connectivity index (χ2n) is 7.10. The number of ether oxygens (including phenoxy) is 1. The van der Waals surface area contributed by atoms with Crippen LogP contribution in [-0.4, -0.2) is 10.7 Å². The maximum atomic E-state index is 6.52. The van der Waals surface area contributed by atoms with Crippen LogP contribution in [0.1, 0.15) is 35.4 Å². The summed E-state index contributed by atoms with van der Waals surface area (Å²) in [5, 5.41) is 8.94. The highest BCUT2D eigenvalue weighted by Gasteiger charge is 2.42. The van der Waals surface area contributed by atoms with Crippen molar-refractivity contribution in [2.45, 2.75) is 18.7 Å². The number of fused-ring (bicyclic) bond motifs is 3. The van der Waals surface area contributed by atoms with Gasteiger partial charge in [-0.15, -0.1) is 0 Å². The van der Waals surface area contributed by atoms with Gasteiger partial charge in [-0.25, -0.2) is 5.01 Å². The van der Waals surface area contributed by atoms with Gasteiger partial charge in [-0.05, 0) is 42.0 Å². The summed E-state index contributed by atoms with van der Waals surface area (Å²) < 4.78 is 7.35. The van der Waals surface area contributed by atoms with E-state index in [4.69, 9.17) is 56.2 Å². The Balaban J connectivity index is 1.64. The van der Waals surface area contributed by atoms with Crippen molar-refractivity contribution >= 4 is 68.0 Å². The van der Waals surface area contributed by atoms with Crippen molar-refractivity contribution in [1.82, 2.24) is 5.01 Å². The minimum Gasteiger partial charge on any atom is -0.463 e. The lowest BCUT2D eigenvalue weighted by atomic mass is 9.96. The van der Waals surface area contributed by atoms with E-state index in [-0.39, 0.29) is 6.04 Å². The number of hydrogen-bond donors (Lipinski definition) is 0. The van der Waals surface area contributed by atoms with Gasteiger partial charge in [0, 0.05) is 32.1 Å². The van der Waals surface area contributed by atoms with Crippen molar-refractivity contribution in [1.29, 1.82) is 0 Å². The first kappa shape index (κ1) is 20.5. The molecule has 2 atom stereocenters. The Morgan fingerprint density at radius 3 is 2.33 bits per heavy atom. The molecule has 0 fully saturated rings. The van der Waals surface area contributed by atoms with Crippen LogP contribution in [-0.2, 0) is 0 Å². The van der Waals surface area contributed by atoms with Crippen LogP contribution >= 0.6 is 62.3 Å². The highest BCUT2D eigenvalue weighted by molar-refractivity contribution is 9.10. The molecule has 0 saturated heterocycles. The summed E-state index contributed by atoms with van der Waals surface area (Å²) >= 11 is 28.9. The van der Waals surface area contributed by atoms with Crippen LogP contribution in [0.2, 0.25) is 20.1 Å². The Morgan fingerprint density at radius 2 is 1.60 bits per heavy atom.